The number of hydrogen-bond donors (Lipinski definition) is 0. The molecule has 2 heterocycles. The standard InChI is InChI=1S/C14H16N2O2/c1-10-8-13(11(2)15(10)3)14(18)9-16-6-4-12(17)5-7-16/h4-8H,9H2,1-3H3. The van der Waals surface area contributed by atoms with Gasteiger partial charge in [0.15, 0.2) is 11.2 Å². The van der Waals surface area contributed by atoms with Crippen molar-refractivity contribution in [2.75, 3.05) is 0 Å². The fourth-order valence-corrected chi connectivity index (χ4v) is 1.94. The summed E-state index contributed by atoms with van der Waals surface area (Å²) in [5.74, 6) is 0.0554. The zero-order valence-corrected chi connectivity index (χ0v) is 10.8. The third kappa shape index (κ3) is 2.27. The van der Waals surface area contributed by atoms with Crippen molar-refractivity contribution in [3.05, 3.63) is 57.8 Å². The number of carbonyl (C=O) groups is 1. The van der Waals surface area contributed by atoms with Crippen LogP contribution >= 0.6 is 0 Å². The van der Waals surface area contributed by atoms with Gasteiger partial charge in [-0.3, -0.25) is 9.59 Å². The molecule has 0 aliphatic rings. The molecule has 0 aliphatic heterocycles. The largest absolute Gasteiger partial charge is 0.351 e. The number of aryl methyl sites for hydroxylation is 1. The highest BCUT2D eigenvalue weighted by molar-refractivity contribution is 5.97. The van der Waals surface area contributed by atoms with E-state index in [9.17, 15) is 9.59 Å². The number of aromatic nitrogens is 2. The van der Waals surface area contributed by atoms with Crippen molar-refractivity contribution >= 4 is 5.78 Å². The monoisotopic (exact) mass is 244 g/mol. The zero-order chi connectivity index (χ0) is 13.3. The molecule has 4 nitrogen and oxygen atoms in total. The maximum absolute atomic E-state index is 12.2. The average molecular weight is 244 g/mol. The van der Waals surface area contributed by atoms with Crippen molar-refractivity contribution in [2.45, 2.75) is 20.4 Å². The van der Waals surface area contributed by atoms with Crippen molar-refractivity contribution in [1.29, 1.82) is 0 Å². The Hall–Kier alpha value is -2.10. The maximum atomic E-state index is 12.2. The number of nitrogens with zero attached hydrogens (tertiary/aromatic N) is 2. The first-order valence-corrected chi connectivity index (χ1v) is 5.81. The van der Waals surface area contributed by atoms with E-state index < -0.39 is 0 Å². The fraction of sp³-hybridized carbons (Fsp3) is 0.286. The van der Waals surface area contributed by atoms with Gasteiger partial charge in [0.1, 0.15) is 0 Å². The van der Waals surface area contributed by atoms with Gasteiger partial charge >= 0.3 is 0 Å². The highest BCUT2D eigenvalue weighted by Gasteiger charge is 2.13. The molecule has 18 heavy (non-hydrogen) atoms. The Labute approximate surface area is 105 Å². The van der Waals surface area contributed by atoms with Gasteiger partial charge in [0.2, 0.25) is 0 Å². The van der Waals surface area contributed by atoms with Gasteiger partial charge in [-0.2, -0.15) is 0 Å². The minimum absolute atomic E-state index is 0.0505. The van der Waals surface area contributed by atoms with Gasteiger partial charge in [0, 0.05) is 48.5 Å². The molecule has 0 spiro atoms. The van der Waals surface area contributed by atoms with Crippen LogP contribution in [0, 0.1) is 13.8 Å². The molecule has 0 unspecified atom stereocenters. The van der Waals surface area contributed by atoms with Gasteiger partial charge in [0.05, 0.1) is 6.54 Å². The molecular weight excluding hydrogens is 228 g/mol. The van der Waals surface area contributed by atoms with E-state index in [1.54, 1.807) is 17.0 Å². The molecule has 0 saturated carbocycles. The normalized spacial score (nSPS) is 10.6. The second-order valence-corrected chi connectivity index (χ2v) is 4.47. The fourth-order valence-electron chi connectivity index (χ4n) is 1.94. The highest BCUT2D eigenvalue weighted by Crippen LogP contribution is 2.14. The summed E-state index contributed by atoms with van der Waals surface area (Å²) in [6.45, 7) is 4.17. The smallest absolute Gasteiger partial charge is 0.184 e. The van der Waals surface area contributed by atoms with Crippen molar-refractivity contribution in [1.82, 2.24) is 9.13 Å². The van der Waals surface area contributed by atoms with E-state index in [2.05, 4.69) is 0 Å². The molecule has 0 fully saturated rings. The predicted octanol–water partition coefficient (Wildman–Crippen LogP) is 1.69. The summed E-state index contributed by atoms with van der Waals surface area (Å²) in [6, 6.07) is 4.81. The Bertz CT molecular complexity index is 630. The first-order chi connectivity index (χ1) is 8.49. The molecule has 0 aromatic carbocycles. The number of hydrogen-bond acceptors (Lipinski definition) is 2. The Kier molecular flexibility index (Phi) is 3.19. The van der Waals surface area contributed by atoms with Crippen LogP contribution in [0.15, 0.2) is 35.4 Å². The zero-order valence-electron chi connectivity index (χ0n) is 10.8. The first kappa shape index (κ1) is 12.4. The number of carbonyl (C=O) groups excluding carboxylic acids is 1. The SMILES string of the molecule is Cc1cc(C(=O)Cn2ccc(=O)cc2)c(C)n1C. The molecule has 4 heteroatoms. The van der Waals surface area contributed by atoms with E-state index in [0.29, 0.717) is 0 Å². The van der Waals surface area contributed by atoms with Gasteiger partial charge < -0.3 is 9.13 Å². The molecule has 2 rings (SSSR count). The molecule has 0 atom stereocenters. The lowest BCUT2D eigenvalue weighted by molar-refractivity contribution is 0.0971. The second-order valence-electron chi connectivity index (χ2n) is 4.47. The predicted molar refractivity (Wildman–Crippen MR) is 69.9 cm³/mol. The summed E-state index contributed by atoms with van der Waals surface area (Å²) >= 11 is 0. The quantitative estimate of drug-likeness (QED) is 0.771. The van der Waals surface area contributed by atoms with E-state index in [0.717, 1.165) is 17.0 Å². The van der Waals surface area contributed by atoms with Crippen molar-refractivity contribution < 1.29 is 4.79 Å². The summed E-state index contributed by atoms with van der Waals surface area (Å²) in [5, 5.41) is 0. The Balaban J connectivity index is 2.24. The van der Waals surface area contributed by atoms with Gasteiger partial charge in [-0.05, 0) is 19.9 Å². The molecule has 94 valence electrons. The maximum Gasteiger partial charge on any atom is 0.184 e. The van der Waals surface area contributed by atoms with E-state index >= 15 is 0 Å². The summed E-state index contributed by atoms with van der Waals surface area (Å²) in [7, 11) is 1.95. The van der Waals surface area contributed by atoms with E-state index in [4.69, 9.17) is 0 Å². The molecule has 0 bridgehead atoms. The van der Waals surface area contributed by atoms with Crippen LogP contribution in [0.5, 0.6) is 0 Å². The minimum Gasteiger partial charge on any atom is -0.351 e. The van der Waals surface area contributed by atoms with Crippen LogP contribution in [0.4, 0.5) is 0 Å². The first-order valence-electron chi connectivity index (χ1n) is 5.81. The second kappa shape index (κ2) is 4.64. The summed E-state index contributed by atoms with van der Waals surface area (Å²) < 4.78 is 3.71. The van der Waals surface area contributed by atoms with Crippen LogP contribution in [-0.2, 0) is 13.6 Å². The van der Waals surface area contributed by atoms with Crippen LogP contribution in [0.2, 0.25) is 0 Å². The third-order valence-corrected chi connectivity index (χ3v) is 3.26. The van der Waals surface area contributed by atoms with E-state index in [1.165, 1.54) is 12.1 Å². The average Bonchev–Trinajstić information content (AvgIpc) is 2.60. The van der Waals surface area contributed by atoms with Crippen molar-refractivity contribution in [2.24, 2.45) is 7.05 Å². The number of pyridine rings is 1. The van der Waals surface area contributed by atoms with E-state index in [1.807, 2.05) is 31.5 Å². The molecule has 0 amide bonds. The Morgan fingerprint density at radius 2 is 1.83 bits per heavy atom. The molecule has 0 N–H and O–H groups in total. The number of ketones is 1. The highest BCUT2D eigenvalue weighted by atomic mass is 16.1. The molecule has 0 aliphatic carbocycles. The van der Waals surface area contributed by atoms with Gasteiger partial charge in [-0.25, -0.2) is 0 Å². The Morgan fingerprint density at radius 3 is 2.33 bits per heavy atom. The van der Waals surface area contributed by atoms with Crippen LogP contribution in [0.1, 0.15) is 21.7 Å². The number of Topliss-reactive ketones (excluding diaryl/α,β-unsaturated/α-hetero) is 1. The molecular formula is C14H16N2O2. The van der Waals surface area contributed by atoms with Crippen LogP contribution in [-0.4, -0.2) is 14.9 Å². The van der Waals surface area contributed by atoms with Gasteiger partial charge in [0.25, 0.3) is 0 Å². The molecule has 2 aromatic heterocycles. The lowest BCUT2D eigenvalue weighted by atomic mass is 10.1. The van der Waals surface area contributed by atoms with Crippen LogP contribution < -0.4 is 5.43 Å². The topological polar surface area (TPSA) is 44.0 Å². The van der Waals surface area contributed by atoms with Crippen molar-refractivity contribution in [3.8, 4) is 0 Å². The summed E-state index contributed by atoms with van der Waals surface area (Å²) in [5.41, 5.74) is 2.73. The van der Waals surface area contributed by atoms with Crippen molar-refractivity contribution in [3.63, 3.8) is 0 Å². The van der Waals surface area contributed by atoms with Gasteiger partial charge in [-0.1, -0.05) is 0 Å². The number of rotatable bonds is 3. The molecule has 2 aromatic rings. The molecule has 0 saturated heterocycles. The lowest BCUT2D eigenvalue weighted by Gasteiger charge is -2.05. The lowest BCUT2D eigenvalue weighted by Crippen LogP contribution is -2.12. The summed E-state index contributed by atoms with van der Waals surface area (Å²) in [6.07, 6.45) is 3.26. The van der Waals surface area contributed by atoms with Gasteiger partial charge in [-0.15, -0.1) is 0 Å². The minimum atomic E-state index is -0.0505. The molecule has 0 radical (unpaired) electrons. The van der Waals surface area contributed by atoms with Crippen LogP contribution in [0.3, 0.4) is 0 Å². The summed E-state index contributed by atoms with van der Waals surface area (Å²) in [4.78, 5) is 23.2. The van der Waals surface area contributed by atoms with E-state index in [-0.39, 0.29) is 17.8 Å². The Morgan fingerprint density at radius 1 is 1.22 bits per heavy atom. The van der Waals surface area contributed by atoms with Crippen LogP contribution in [0.25, 0.3) is 0 Å². The third-order valence-electron chi connectivity index (χ3n) is 3.26.